The lowest BCUT2D eigenvalue weighted by molar-refractivity contribution is 0.417. The Bertz CT molecular complexity index is 1090. The largest absolute Gasteiger partial charge is 0.494 e. The van der Waals surface area contributed by atoms with Gasteiger partial charge in [-0.25, -0.2) is 0 Å². The molecule has 0 heterocycles. The summed E-state index contributed by atoms with van der Waals surface area (Å²) in [5.74, 6) is 0.777. The number of methoxy groups -OCH3 is 1. The Morgan fingerprint density at radius 1 is 0.643 bits per heavy atom. The smallest absolute Gasteiger partial charge is 0.144 e. The number of benzene rings is 4. The summed E-state index contributed by atoms with van der Waals surface area (Å²) in [5, 5.41) is 10.7. The highest BCUT2D eigenvalue weighted by atomic mass is 16.5. The van der Waals surface area contributed by atoms with E-state index in [2.05, 4.69) is 33.2 Å². The number of anilines is 2. The summed E-state index contributed by atoms with van der Waals surface area (Å²) in [6.07, 6.45) is 0. The Morgan fingerprint density at radius 3 is 2.07 bits per heavy atom. The molecule has 4 aromatic rings. The van der Waals surface area contributed by atoms with Crippen molar-refractivity contribution in [2.75, 3.05) is 18.0 Å². The van der Waals surface area contributed by atoms with Crippen LogP contribution in [0.3, 0.4) is 0 Å². The molecule has 0 spiro atoms. The van der Waals surface area contributed by atoms with Crippen LogP contribution in [0.2, 0.25) is 0 Å². The number of nitrogens with one attached hydrogen (secondary N) is 2. The number of ether oxygens (including phenoxy) is 1. The Morgan fingerprint density at radius 2 is 1.32 bits per heavy atom. The maximum absolute atomic E-state index is 5.51. The summed E-state index contributed by atoms with van der Waals surface area (Å²) < 4.78 is 5.51. The summed E-state index contributed by atoms with van der Waals surface area (Å²) in [7, 11) is 1.67. The number of rotatable bonds is 6. The van der Waals surface area contributed by atoms with Gasteiger partial charge in [0.05, 0.1) is 24.2 Å². The van der Waals surface area contributed by atoms with E-state index >= 15 is 0 Å². The summed E-state index contributed by atoms with van der Waals surface area (Å²) in [6, 6.07) is 29.6. The van der Waals surface area contributed by atoms with Crippen LogP contribution in [0, 0.1) is 0 Å². The lowest BCUT2D eigenvalue weighted by Crippen LogP contribution is -2.10. The molecule has 2 N–H and O–H groups in total. The van der Waals surface area contributed by atoms with Gasteiger partial charge < -0.3 is 10.2 Å². The lowest BCUT2D eigenvalue weighted by Gasteiger charge is -2.15. The third-order valence-electron chi connectivity index (χ3n) is 4.35. The van der Waals surface area contributed by atoms with Crippen molar-refractivity contribution in [3.8, 4) is 5.75 Å². The monoisotopic (exact) mass is 368 g/mol. The van der Waals surface area contributed by atoms with Gasteiger partial charge in [0.2, 0.25) is 0 Å². The van der Waals surface area contributed by atoms with Gasteiger partial charge in [0.1, 0.15) is 11.4 Å². The number of hydrogen-bond acceptors (Lipinski definition) is 5. The lowest BCUT2D eigenvalue weighted by atomic mass is 10.1. The van der Waals surface area contributed by atoms with E-state index < -0.39 is 0 Å². The van der Waals surface area contributed by atoms with Gasteiger partial charge in [-0.15, -0.1) is 0 Å². The maximum Gasteiger partial charge on any atom is 0.144 e. The molecule has 138 valence electrons. The molecule has 0 radical (unpaired) electrons. The second kappa shape index (κ2) is 8.22. The molecule has 0 unspecified atom stereocenters. The number of hydrazine groups is 1. The molecule has 0 saturated carbocycles. The highest BCUT2D eigenvalue weighted by Crippen LogP contribution is 2.33. The quantitative estimate of drug-likeness (QED) is 0.294. The van der Waals surface area contributed by atoms with Crippen molar-refractivity contribution in [3.05, 3.63) is 91.0 Å². The minimum absolute atomic E-state index is 0.777. The van der Waals surface area contributed by atoms with Crippen molar-refractivity contribution < 1.29 is 4.74 Å². The second-order valence-corrected chi connectivity index (χ2v) is 6.20. The van der Waals surface area contributed by atoms with Crippen LogP contribution in [0.1, 0.15) is 0 Å². The molecule has 28 heavy (non-hydrogen) atoms. The second-order valence-electron chi connectivity index (χ2n) is 6.20. The van der Waals surface area contributed by atoms with E-state index in [1.54, 1.807) is 7.11 Å². The molecule has 0 aliphatic rings. The molecule has 0 atom stereocenters. The van der Waals surface area contributed by atoms with Crippen LogP contribution in [0.4, 0.5) is 22.7 Å². The molecule has 0 saturated heterocycles. The zero-order valence-electron chi connectivity index (χ0n) is 15.5. The Balaban J connectivity index is 1.49. The highest BCUT2D eigenvalue weighted by Gasteiger charge is 2.07. The van der Waals surface area contributed by atoms with E-state index in [1.807, 2.05) is 78.9 Å². The minimum atomic E-state index is 0.777. The van der Waals surface area contributed by atoms with Crippen molar-refractivity contribution in [1.82, 2.24) is 0 Å². The molecular formula is C23H20N4O. The zero-order chi connectivity index (χ0) is 19.2. The van der Waals surface area contributed by atoms with Gasteiger partial charge in [-0.2, -0.15) is 10.2 Å². The standard InChI is InChI=1S/C23H20N4O/c1-28-22-16-11-17-7-5-6-10-21(17)23(22)27-26-20-14-12-19(13-15-20)25-24-18-8-3-2-4-9-18/h2-16,26-27H,1H3. The van der Waals surface area contributed by atoms with E-state index in [0.717, 1.165) is 39.3 Å². The van der Waals surface area contributed by atoms with Crippen molar-refractivity contribution in [3.63, 3.8) is 0 Å². The molecule has 0 aliphatic heterocycles. The first-order chi connectivity index (χ1) is 13.8. The summed E-state index contributed by atoms with van der Waals surface area (Å²) in [6.45, 7) is 0. The van der Waals surface area contributed by atoms with Crippen LogP contribution in [0.5, 0.6) is 5.75 Å². The normalized spacial score (nSPS) is 10.9. The van der Waals surface area contributed by atoms with Crippen LogP contribution < -0.4 is 15.6 Å². The first-order valence-electron chi connectivity index (χ1n) is 8.98. The molecular weight excluding hydrogens is 348 g/mol. The Labute approximate surface area is 163 Å². The Hall–Kier alpha value is -3.86. The van der Waals surface area contributed by atoms with Crippen LogP contribution in [-0.2, 0) is 0 Å². The summed E-state index contributed by atoms with van der Waals surface area (Å²) in [4.78, 5) is 0. The number of hydrogen-bond donors (Lipinski definition) is 2. The summed E-state index contributed by atoms with van der Waals surface area (Å²) in [5.41, 5.74) is 9.92. The average Bonchev–Trinajstić information content (AvgIpc) is 2.77. The van der Waals surface area contributed by atoms with Crippen LogP contribution >= 0.6 is 0 Å². The predicted molar refractivity (Wildman–Crippen MR) is 115 cm³/mol. The Kier molecular flexibility index (Phi) is 5.15. The SMILES string of the molecule is COc1ccc2ccccc2c1NNc1ccc(N=Nc2ccccc2)cc1. The molecule has 0 fully saturated rings. The van der Waals surface area contributed by atoms with E-state index in [0.29, 0.717) is 0 Å². The highest BCUT2D eigenvalue weighted by molar-refractivity contribution is 5.97. The van der Waals surface area contributed by atoms with E-state index in [-0.39, 0.29) is 0 Å². The fraction of sp³-hybridized carbons (Fsp3) is 0.0435. The molecule has 4 aromatic carbocycles. The number of azo groups is 1. The fourth-order valence-electron chi connectivity index (χ4n) is 2.91. The van der Waals surface area contributed by atoms with E-state index in [1.165, 1.54) is 0 Å². The van der Waals surface area contributed by atoms with E-state index in [9.17, 15) is 0 Å². The van der Waals surface area contributed by atoms with Gasteiger partial charge in [-0.3, -0.25) is 5.43 Å². The first kappa shape index (κ1) is 17.5. The van der Waals surface area contributed by atoms with Crippen LogP contribution in [0.15, 0.2) is 101 Å². The van der Waals surface area contributed by atoms with Gasteiger partial charge >= 0.3 is 0 Å². The van der Waals surface area contributed by atoms with Crippen molar-refractivity contribution in [2.45, 2.75) is 0 Å². The maximum atomic E-state index is 5.51. The fourth-order valence-corrected chi connectivity index (χ4v) is 2.91. The van der Waals surface area contributed by atoms with Gasteiger partial charge in [0, 0.05) is 5.39 Å². The third kappa shape index (κ3) is 3.94. The average molecular weight is 368 g/mol. The van der Waals surface area contributed by atoms with Gasteiger partial charge in [-0.05, 0) is 47.9 Å². The topological polar surface area (TPSA) is 58.0 Å². The molecule has 5 nitrogen and oxygen atoms in total. The molecule has 0 amide bonds. The predicted octanol–water partition coefficient (Wildman–Crippen LogP) is 6.70. The van der Waals surface area contributed by atoms with Gasteiger partial charge in [-0.1, -0.05) is 48.5 Å². The third-order valence-corrected chi connectivity index (χ3v) is 4.35. The minimum Gasteiger partial charge on any atom is -0.494 e. The van der Waals surface area contributed by atoms with Crippen molar-refractivity contribution in [2.24, 2.45) is 10.2 Å². The van der Waals surface area contributed by atoms with Crippen LogP contribution in [0.25, 0.3) is 10.8 Å². The first-order valence-corrected chi connectivity index (χ1v) is 8.98. The van der Waals surface area contributed by atoms with Crippen molar-refractivity contribution in [1.29, 1.82) is 0 Å². The van der Waals surface area contributed by atoms with Crippen molar-refractivity contribution >= 4 is 33.5 Å². The van der Waals surface area contributed by atoms with Gasteiger partial charge in [0.15, 0.2) is 0 Å². The molecule has 4 rings (SSSR count). The summed E-state index contributed by atoms with van der Waals surface area (Å²) >= 11 is 0. The zero-order valence-corrected chi connectivity index (χ0v) is 15.5. The molecule has 0 bridgehead atoms. The molecule has 0 aromatic heterocycles. The molecule has 0 aliphatic carbocycles. The number of fused-ring (bicyclic) bond motifs is 1. The molecule has 5 heteroatoms. The van der Waals surface area contributed by atoms with Crippen LogP contribution in [-0.4, -0.2) is 7.11 Å². The van der Waals surface area contributed by atoms with Gasteiger partial charge in [0.25, 0.3) is 0 Å². The van der Waals surface area contributed by atoms with E-state index in [4.69, 9.17) is 4.74 Å². The number of nitrogens with zero attached hydrogens (tertiary/aromatic N) is 2.